The molecule has 0 amide bonds. The van der Waals surface area contributed by atoms with Crippen molar-refractivity contribution in [3.63, 3.8) is 0 Å². The van der Waals surface area contributed by atoms with Crippen LogP contribution < -0.4 is 14.8 Å². The molecule has 0 spiro atoms. The van der Waals surface area contributed by atoms with Gasteiger partial charge in [-0.1, -0.05) is 54.1 Å². The van der Waals surface area contributed by atoms with E-state index < -0.39 is 11.9 Å². The molecule has 6 heteroatoms. The number of nitrogens with one attached hydrogen (secondary N) is 1. The Kier molecular flexibility index (Phi) is 8.08. The number of hydrogen-bond acceptors (Lipinski definition) is 4. The predicted molar refractivity (Wildman–Crippen MR) is 116 cm³/mol. The Hall–Kier alpha value is -2.60. The Balaban J connectivity index is 1.61. The van der Waals surface area contributed by atoms with Crippen molar-refractivity contribution in [1.82, 2.24) is 5.32 Å². The van der Waals surface area contributed by atoms with Crippen LogP contribution in [0, 0.1) is 5.82 Å². The Labute approximate surface area is 181 Å². The van der Waals surface area contributed by atoms with Gasteiger partial charge in [0.05, 0.1) is 17.7 Å². The summed E-state index contributed by atoms with van der Waals surface area (Å²) >= 11 is 6.07. The summed E-state index contributed by atoms with van der Waals surface area (Å²) in [5.41, 5.74) is 2.16. The van der Waals surface area contributed by atoms with Gasteiger partial charge in [-0.05, 0) is 42.3 Å². The number of hydrogen-bond donors (Lipinski definition) is 2. The number of halogens is 2. The van der Waals surface area contributed by atoms with Gasteiger partial charge in [0.2, 0.25) is 0 Å². The predicted octanol–water partition coefficient (Wildman–Crippen LogP) is 5.28. The third-order valence-corrected chi connectivity index (χ3v) is 4.95. The zero-order valence-electron chi connectivity index (χ0n) is 16.8. The highest BCUT2D eigenvalue weighted by atomic mass is 35.5. The molecule has 0 aliphatic rings. The molecule has 0 aliphatic heterocycles. The normalized spacial score (nSPS) is 11.9. The van der Waals surface area contributed by atoms with Crippen LogP contribution in [0.4, 0.5) is 4.39 Å². The molecule has 4 nitrogen and oxygen atoms in total. The molecular weight excluding hydrogens is 405 g/mol. The fraction of sp³-hybridized carbons (Fsp3) is 0.250. The van der Waals surface area contributed by atoms with Gasteiger partial charge in [-0.15, -0.1) is 0 Å². The maximum absolute atomic E-state index is 14.0. The van der Waals surface area contributed by atoms with E-state index in [4.69, 9.17) is 21.1 Å². The minimum atomic E-state index is -0.578. The lowest BCUT2D eigenvalue weighted by Crippen LogP contribution is -2.21. The third kappa shape index (κ3) is 5.95. The second-order valence-corrected chi connectivity index (χ2v) is 7.17. The van der Waals surface area contributed by atoms with E-state index >= 15 is 0 Å². The van der Waals surface area contributed by atoms with Gasteiger partial charge in [0.25, 0.3) is 0 Å². The fourth-order valence-corrected chi connectivity index (χ4v) is 3.23. The summed E-state index contributed by atoms with van der Waals surface area (Å²) < 4.78 is 25.4. The molecule has 0 fully saturated rings. The van der Waals surface area contributed by atoms with E-state index in [0.717, 1.165) is 11.1 Å². The summed E-state index contributed by atoms with van der Waals surface area (Å²) in [6.45, 7) is 3.35. The van der Waals surface area contributed by atoms with Crippen molar-refractivity contribution in [2.45, 2.75) is 26.2 Å². The van der Waals surface area contributed by atoms with Crippen molar-refractivity contribution in [3.05, 3.63) is 94.3 Å². The number of rotatable bonds is 10. The molecule has 0 radical (unpaired) electrons. The SMILES string of the molecule is CCOc1cc(CNC[C@H](O)c2ccccc2)ccc1OCc1c(F)cccc1Cl. The monoisotopic (exact) mass is 429 g/mol. The second-order valence-electron chi connectivity index (χ2n) is 6.76. The lowest BCUT2D eigenvalue weighted by Gasteiger charge is -2.15. The van der Waals surface area contributed by atoms with Crippen molar-refractivity contribution >= 4 is 11.6 Å². The van der Waals surface area contributed by atoms with Gasteiger partial charge in [0, 0.05) is 18.7 Å². The summed E-state index contributed by atoms with van der Waals surface area (Å²) in [6.07, 6.45) is -0.578. The minimum absolute atomic E-state index is 0.00639. The van der Waals surface area contributed by atoms with Gasteiger partial charge in [-0.2, -0.15) is 0 Å². The molecule has 30 heavy (non-hydrogen) atoms. The quantitative estimate of drug-likeness (QED) is 0.460. The lowest BCUT2D eigenvalue weighted by atomic mass is 10.1. The molecule has 1 atom stereocenters. The van der Waals surface area contributed by atoms with Crippen LogP contribution in [0.25, 0.3) is 0 Å². The molecule has 3 rings (SSSR count). The topological polar surface area (TPSA) is 50.7 Å². The van der Waals surface area contributed by atoms with Crippen LogP contribution in [0.5, 0.6) is 11.5 Å². The molecule has 0 aromatic heterocycles. The molecule has 0 unspecified atom stereocenters. The van der Waals surface area contributed by atoms with Crippen LogP contribution >= 0.6 is 11.6 Å². The van der Waals surface area contributed by atoms with E-state index in [9.17, 15) is 9.50 Å². The van der Waals surface area contributed by atoms with Crippen LogP contribution in [0.1, 0.15) is 29.7 Å². The van der Waals surface area contributed by atoms with E-state index in [2.05, 4.69) is 5.32 Å². The summed E-state index contributed by atoms with van der Waals surface area (Å²) in [6, 6.07) is 19.6. The van der Waals surface area contributed by atoms with Gasteiger partial charge in [-0.3, -0.25) is 0 Å². The molecule has 3 aromatic rings. The van der Waals surface area contributed by atoms with Crippen molar-refractivity contribution in [2.75, 3.05) is 13.2 Å². The summed E-state index contributed by atoms with van der Waals surface area (Å²) in [5, 5.41) is 13.8. The van der Waals surface area contributed by atoms with Gasteiger partial charge < -0.3 is 19.9 Å². The number of benzene rings is 3. The van der Waals surface area contributed by atoms with E-state index in [1.807, 2.05) is 49.4 Å². The van der Waals surface area contributed by atoms with E-state index in [1.165, 1.54) is 6.07 Å². The number of aliphatic hydroxyl groups excluding tert-OH is 1. The van der Waals surface area contributed by atoms with Crippen LogP contribution in [-0.2, 0) is 13.2 Å². The highest BCUT2D eigenvalue weighted by Crippen LogP contribution is 2.30. The first-order valence-corrected chi connectivity index (χ1v) is 10.2. The van der Waals surface area contributed by atoms with E-state index in [-0.39, 0.29) is 6.61 Å². The standard InChI is InChI=1S/C24H25ClFNO3/c1-2-29-24-13-17(14-27-15-22(28)18-7-4-3-5-8-18)11-12-23(24)30-16-19-20(25)9-6-10-21(19)26/h3-13,22,27-28H,2,14-16H2,1H3/t22-/m0/s1. The highest BCUT2D eigenvalue weighted by molar-refractivity contribution is 6.31. The van der Waals surface area contributed by atoms with Crippen molar-refractivity contribution in [3.8, 4) is 11.5 Å². The first kappa shape index (κ1) is 22.1. The average Bonchev–Trinajstić information content (AvgIpc) is 2.75. The molecule has 0 saturated carbocycles. The van der Waals surface area contributed by atoms with Gasteiger partial charge in [0.15, 0.2) is 11.5 Å². The van der Waals surface area contributed by atoms with Crippen molar-refractivity contribution < 1.29 is 19.0 Å². The lowest BCUT2D eigenvalue weighted by molar-refractivity contribution is 0.174. The van der Waals surface area contributed by atoms with Crippen LogP contribution in [-0.4, -0.2) is 18.3 Å². The van der Waals surface area contributed by atoms with Crippen LogP contribution in [0.15, 0.2) is 66.7 Å². The minimum Gasteiger partial charge on any atom is -0.490 e. The van der Waals surface area contributed by atoms with E-state index in [0.29, 0.717) is 41.8 Å². The first-order chi connectivity index (χ1) is 14.6. The summed E-state index contributed by atoms with van der Waals surface area (Å²) in [4.78, 5) is 0. The Morgan fingerprint density at radius 1 is 1.00 bits per heavy atom. The summed E-state index contributed by atoms with van der Waals surface area (Å²) in [5.74, 6) is 0.690. The third-order valence-electron chi connectivity index (χ3n) is 4.59. The second kappa shape index (κ2) is 11.0. The fourth-order valence-electron chi connectivity index (χ4n) is 3.02. The number of ether oxygens (including phenoxy) is 2. The smallest absolute Gasteiger partial charge is 0.161 e. The van der Waals surface area contributed by atoms with Crippen LogP contribution in [0.3, 0.4) is 0 Å². The molecule has 0 bridgehead atoms. The molecule has 2 N–H and O–H groups in total. The van der Waals surface area contributed by atoms with E-state index in [1.54, 1.807) is 18.2 Å². The Morgan fingerprint density at radius 2 is 1.80 bits per heavy atom. The molecule has 0 aliphatic carbocycles. The highest BCUT2D eigenvalue weighted by Gasteiger charge is 2.12. The zero-order chi connectivity index (χ0) is 21.3. The first-order valence-electron chi connectivity index (χ1n) is 9.83. The van der Waals surface area contributed by atoms with Gasteiger partial charge in [-0.25, -0.2) is 4.39 Å². The molecular formula is C24H25ClFNO3. The van der Waals surface area contributed by atoms with Crippen molar-refractivity contribution in [1.29, 1.82) is 0 Å². The molecule has 0 saturated heterocycles. The summed E-state index contributed by atoms with van der Waals surface area (Å²) in [7, 11) is 0. The van der Waals surface area contributed by atoms with Crippen molar-refractivity contribution in [2.24, 2.45) is 0 Å². The molecule has 0 heterocycles. The largest absolute Gasteiger partial charge is 0.490 e. The molecule has 3 aromatic carbocycles. The zero-order valence-corrected chi connectivity index (χ0v) is 17.5. The van der Waals surface area contributed by atoms with Gasteiger partial charge >= 0.3 is 0 Å². The van der Waals surface area contributed by atoms with Gasteiger partial charge in [0.1, 0.15) is 12.4 Å². The number of aliphatic hydroxyl groups is 1. The Morgan fingerprint density at radius 3 is 2.53 bits per heavy atom. The molecule has 158 valence electrons. The van der Waals surface area contributed by atoms with Crippen LogP contribution in [0.2, 0.25) is 5.02 Å². The average molecular weight is 430 g/mol. The Bertz CT molecular complexity index is 932. The maximum Gasteiger partial charge on any atom is 0.161 e. The maximum atomic E-state index is 14.0.